The predicted octanol–water partition coefficient (Wildman–Crippen LogP) is 7.59. The number of ketones is 1. The first-order valence-corrected chi connectivity index (χ1v) is 11.9. The maximum absolute atomic E-state index is 14.4. The number of fused-ring (bicyclic) bond motifs is 2. The van der Waals surface area contributed by atoms with Crippen LogP contribution in [-0.4, -0.2) is 5.78 Å². The van der Waals surface area contributed by atoms with E-state index in [2.05, 4.69) is 111 Å². The zero-order valence-electron chi connectivity index (χ0n) is 21.0. The molecule has 0 aliphatic heterocycles. The van der Waals surface area contributed by atoms with Crippen molar-refractivity contribution >= 4 is 5.78 Å². The van der Waals surface area contributed by atoms with Crippen molar-refractivity contribution in [3.63, 3.8) is 0 Å². The third kappa shape index (κ3) is 2.91. The van der Waals surface area contributed by atoms with E-state index >= 15 is 0 Å². The molecule has 0 amide bonds. The lowest BCUT2D eigenvalue weighted by Crippen LogP contribution is -2.45. The first-order chi connectivity index (χ1) is 14.2. The van der Waals surface area contributed by atoms with Crippen LogP contribution in [0.3, 0.4) is 0 Å². The molecule has 2 atom stereocenters. The van der Waals surface area contributed by atoms with Gasteiger partial charge in [-0.1, -0.05) is 111 Å². The quantitative estimate of drug-likeness (QED) is 0.493. The summed E-state index contributed by atoms with van der Waals surface area (Å²) in [5.74, 6) is 0.742. The molecule has 2 unspecified atom stereocenters. The zero-order valence-corrected chi connectivity index (χ0v) is 21.0. The van der Waals surface area contributed by atoms with Gasteiger partial charge in [0, 0.05) is 5.41 Å². The van der Waals surface area contributed by atoms with Crippen LogP contribution in [0, 0.1) is 16.7 Å². The fraction of sp³-hybridized carbons (Fsp3) is 0.567. The van der Waals surface area contributed by atoms with Crippen LogP contribution in [0.15, 0.2) is 48.5 Å². The lowest BCUT2D eigenvalue weighted by Gasteiger charge is -2.40. The van der Waals surface area contributed by atoms with E-state index in [-0.39, 0.29) is 21.7 Å². The second-order valence-corrected chi connectivity index (χ2v) is 12.9. The topological polar surface area (TPSA) is 17.1 Å². The predicted molar refractivity (Wildman–Crippen MR) is 131 cm³/mol. The molecule has 1 heteroatoms. The summed E-state index contributed by atoms with van der Waals surface area (Å²) >= 11 is 0. The molecule has 2 aliphatic rings. The Hall–Kier alpha value is -1.89. The average Bonchev–Trinajstić information content (AvgIpc) is 2.99. The van der Waals surface area contributed by atoms with Gasteiger partial charge in [-0.3, -0.25) is 4.79 Å². The number of carbonyl (C=O) groups is 1. The highest BCUT2D eigenvalue weighted by Crippen LogP contribution is 2.71. The molecule has 2 aliphatic carbocycles. The molecule has 0 radical (unpaired) electrons. The summed E-state index contributed by atoms with van der Waals surface area (Å²) in [6.45, 7) is 20.4. The monoisotopic (exact) mass is 416 g/mol. The number of Topliss-reactive ketones (excluding diaryl/α,β-unsaturated/α-hetero) is 1. The summed E-state index contributed by atoms with van der Waals surface area (Å²) in [6.07, 6.45) is 2.11. The molecule has 2 fully saturated rings. The normalized spacial score (nSPS) is 27.0. The van der Waals surface area contributed by atoms with Gasteiger partial charge in [0.2, 0.25) is 0 Å². The summed E-state index contributed by atoms with van der Waals surface area (Å²) < 4.78 is 0. The molecule has 2 bridgehead atoms. The Morgan fingerprint density at radius 2 is 1.10 bits per heavy atom. The van der Waals surface area contributed by atoms with E-state index in [9.17, 15) is 4.79 Å². The molecule has 1 nitrogen and oxygen atoms in total. The van der Waals surface area contributed by atoms with Crippen molar-refractivity contribution in [2.75, 3.05) is 0 Å². The van der Waals surface area contributed by atoms with E-state index in [0.29, 0.717) is 11.7 Å². The molecule has 166 valence electrons. The molecule has 0 aromatic heterocycles. The second-order valence-electron chi connectivity index (χ2n) is 12.9. The van der Waals surface area contributed by atoms with Crippen LogP contribution in [-0.2, 0) is 21.0 Å². The molecule has 2 aromatic carbocycles. The Balaban J connectivity index is 1.95. The molecule has 2 saturated carbocycles. The van der Waals surface area contributed by atoms with E-state index in [4.69, 9.17) is 0 Å². The minimum Gasteiger partial charge on any atom is -0.298 e. The number of benzene rings is 2. The van der Waals surface area contributed by atoms with Gasteiger partial charge in [-0.05, 0) is 57.3 Å². The third-order valence-electron chi connectivity index (χ3n) is 9.02. The van der Waals surface area contributed by atoms with Gasteiger partial charge in [0.15, 0.2) is 5.78 Å². The fourth-order valence-electron chi connectivity index (χ4n) is 6.56. The Bertz CT molecular complexity index is 935. The van der Waals surface area contributed by atoms with Crippen LogP contribution in [0.1, 0.15) is 97.4 Å². The van der Waals surface area contributed by atoms with Gasteiger partial charge in [-0.25, -0.2) is 0 Å². The summed E-state index contributed by atoms with van der Waals surface area (Å²) in [7, 11) is 0. The Labute approximate surface area is 189 Å². The average molecular weight is 417 g/mol. The highest BCUT2D eigenvalue weighted by Gasteiger charge is 2.73. The van der Waals surface area contributed by atoms with Crippen molar-refractivity contribution in [1.29, 1.82) is 0 Å². The molecule has 0 heterocycles. The highest BCUT2D eigenvalue weighted by atomic mass is 16.1. The Morgan fingerprint density at radius 1 is 0.710 bits per heavy atom. The maximum atomic E-state index is 14.4. The number of hydrogen-bond acceptors (Lipinski definition) is 1. The standard InChI is InChI=1S/C30H40O/c1-26(2,3)20-10-14-22(15-11-20)30(23-16-12-21(13-17-23)27(4,5)6)24-18-19-29(9,25(30)31)28(24,7)8/h10-17,24H,18-19H2,1-9H3. The highest BCUT2D eigenvalue weighted by molar-refractivity contribution is 6.02. The summed E-state index contributed by atoms with van der Waals surface area (Å²) in [5.41, 5.74) is 4.34. The summed E-state index contributed by atoms with van der Waals surface area (Å²) in [4.78, 5) is 14.4. The molecule has 0 N–H and O–H groups in total. The Kier molecular flexibility index (Phi) is 4.72. The van der Waals surface area contributed by atoms with Crippen LogP contribution >= 0.6 is 0 Å². The molecular formula is C30H40O. The van der Waals surface area contributed by atoms with Crippen LogP contribution in [0.25, 0.3) is 0 Å². The third-order valence-corrected chi connectivity index (χ3v) is 9.02. The van der Waals surface area contributed by atoms with Crippen LogP contribution in [0.2, 0.25) is 0 Å². The van der Waals surface area contributed by atoms with Crippen LogP contribution < -0.4 is 0 Å². The molecule has 0 saturated heterocycles. The first kappa shape index (κ1) is 22.3. The van der Waals surface area contributed by atoms with E-state index < -0.39 is 5.41 Å². The summed E-state index contributed by atoms with van der Waals surface area (Å²) in [6, 6.07) is 18.0. The van der Waals surface area contributed by atoms with Gasteiger partial charge >= 0.3 is 0 Å². The fourth-order valence-corrected chi connectivity index (χ4v) is 6.56. The molecule has 0 spiro atoms. The van der Waals surface area contributed by atoms with Gasteiger partial charge in [0.05, 0.1) is 5.41 Å². The van der Waals surface area contributed by atoms with Crippen molar-refractivity contribution in [1.82, 2.24) is 0 Å². The second kappa shape index (κ2) is 6.56. The van der Waals surface area contributed by atoms with Gasteiger partial charge in [-0.2, -0.15) is 0 Å². The van der Waals surface area contributed by atoms with Gasteiger partial charge in [0.1, 0.15) is 0 Å². The van der Waals surface area contributed by atoms with Crippen molar-refractivity contribution in [2.24, 2.45) is 16.7 Å². The molecular weight excluding hydrogens is 376 g/mol. The molecule has 31 heavy (non-hydrogen) atoms. The number of rotatable bonds is 2. The van der Waals surface area contributed by atoms with Gasteiger partial charge in [-0.15, -0.1) is 0 Å². The van der Waals surface area contributed by atoms with Gasteiger partial charge in [0.25, 0.3) is 0 Å². The number of hydrogen-bond donors (Lipinski definition) is 0. The lowest BCUT2D eigenvalue weighted by molar-refractivity contribution is -0.132. The first-order valence-electron chi connectivity index (χ1n) is 11.9. The van der Waals surface area contributed by atoms with E-state index in [1.807, 2.05) is 0 Å². The van der Waals surface area contributed by atoms with Crippen molar-refractivity contribution in [2.45, 2.75) is 91.4 Å². The lowest BCUT2D eigenvalue weighted by atomic mass is 9.61. The van der Waals surface area contributed by atoms with Crippen molar-refractivity contribution in [3.8, 4) is 0 Å². The minimum atomic E-state index is -0.552. The van der Waals surface area contributed by atoms with E-state index in [1.165, 1.54) is 22.3 Å². The van der Waals surface area contributed by atoms with E-state index in [0.717, 1.165) is 12.8 Å². The van der Waals surface area contributed by atoms with Crippen molar-refractivity contribution < 1.29 is 4.79 Å². The van der Waals surface area contributed by atoms with Crippen LogP contribution in [0.5, 0.6) is 0 Å². The van der Waals surface area contributed by atoms with Gasteiger partial charge < -0.3 is 0 Å². The largest absolute Gasteiger partial charge is 0.298 e. The Morgan fingerprint density at radius 3 is 1.39 bits per heavy atom. The zero-order chi connectivity index (χ0) is 23.0. The minimum absolute atomic E-state index is 0.0184. The number of carbonyl (C=O) groups excluding carboxylic acids is 1. The smallest absolute Gasteiger partial charge is 0.154 e. The van der Waals surface area contributed by atoms with Crippen molar-refractivity contribution in [3.05, 3.63) is 70.8 Å². The molecule has 2 aromatic rings. The van der Waals surface area contributed by atoms with Crippen LogP contribution in [0.4, 0.5) is 0 Å². The SMILES string of the molecule is CC(C)(C)c1ccc(C2(c3ccc(C(C)(C)C)cc3)C(=O)C3(C)CCC2C3(C)C)cc1. The summed E-state index contributed by atoms with van der Waals surface area (Å²) in [5, 5.41) is 0. The van der Waals surface area contributed by atoms with E-state index in [1.54, 1.807) is 0 Å². The molecule has 4 rings (SSSR count). The maximum Gasteiger partial charge on any atom is 0.154 e.